The summed E-state index contributed by atoms with van der Waals surface area (Å²) in [4.78, 5) is 21.7. The number of hydrogen-bond acceptors (Lipinski definition) is 3. The molecule has 0 aromatic carbocycles. The van der Waals surface area contributed by atoms with Crippen LogP contribution in [-0.4, -0.2) is 40.9 Å². The monoisotopic (exact) mass is 318 g/mol. The summed E-state index contributed by atoms with van der Waals surface area (Å²) in [5.41, 5.74) is 0. The molecule has 0 unspecified atom stereocenters. The second-order valence-electron chi connectivity index (χ2n) is 2.33. The fraction of sp³-hybridized carbons (Fsp3) is 1.00. The molecule has 0 atom stereocenters. The zero-order valence-electron chi connectivity index (χ0n) is 7.27. The molecule has 0 saturated heterocycles. The molecule has 3 nitrogen and oxygen atoms in total. The maximum absolute atomic E-state index is 11.3. The van der Waals surface area contributed by atoms with Gasteiger partial charge in [0.15, 0.2) is 0 Å². The number of alkyl halides is 9. The van der Waals surface area contributed by atoms with Crippen LogP contribution >= 0.6 is 8.60 Å². The first-order valence-corrected chi connectivity index (χ1v) is 6.10. The van der Waals surface area contributed by atoms with E-state index in [-0.39, 0.29) is 0 Å². The second kappa shape index (κ2) is 6.18. The van der Waals surface area contributed by atoms with Crippen LogP contribution in [0.5, 0.6) is 0 Å². The Balaban J connectivity index is 0. The molecule has 0 bridgehead atoms. The zero-order valence-corrected chi connectivity index (χ0v) is 9.32. The van der Waals surface area contributed by atoms with E-state index in [1.165, 1.54) is 0 Å². The van der Waals surface area contributed by atoms with Gasteiger partial charge in [-0.25, -0.2) is 0 Å². The van der Waals surface area contributed by atoms with Crippen molar-refractivity contribution in [2.24, 2.45) is 0 Å². The van der Waals surface area contributed by atoms with Gasteiger partial charge in [0.2, 0.25) is 0 Å². The predicted molar refractivity (Wildman–Crippen MR) is 38.9 cm³/mol. The third-order valence-electron chi connectivity index (χ3n) is 0.982. The highest BCUT2D eigenvalue weighted by Crippen LogP contribution is 2.40. The molecular weight excluding hydrogens is 314 g/mol. The van der Waals surface area contributed by atoms with Crippen molar-refractivity contribution >= 4 is 17.4 Å². The van der Waals surface area contributed by atoms with Gasteiger partial charge in [-0.2, -0.15) is 39.5 Å². The van der Waals surface area contributed by atoms with E-state index in [0.29, 0.717) is 0 Å². The van der Waals surface area contributed by atoms with Crippen molar-refractivity contribution in [1.29, 1.82) is 0 Å². The van der Waals surface area contributed by atoms with Crippen LogP contribution in [0.4, 0.5) is 39.5 Å². The number of rotatable bonds is 0. The molecule has 0 amide bonds. The largest absolute Gasteiger partial charge is 0.410 e. The van der Waals surface area contributed by atoms with Gasteiger partial charge in [-0.1, -0.05) is 0 Å². The van der Waals surface area contributed by atoms with Gasteiger partial charge in [-0.3, -0.25) is 0 Å². The molecule has 0 spiro atoms. The fourth-order valence-corrected chi connectivity index (χ4v) is 1.67. The lowest BCUT2D eigenvalue weighted by Gasteiger charge is -2.22. The molecule has 0 aliphatic heterocycles. The molecule has 0 saturated carbocycles. The van der Waals surface area contributed by atoms with Gasteiger partial charge in [-0.15, -0.1) is 0 Å². The smallest absolute Gasteiger partial charge is 0.328 e. The Kier molecular flexibility index (Phi) is 6.99. The summed E-state index contributed by atoms with van der Waals surface area (Å²) in [6.45, 7) is 0. The van der Waals surface area contributed by atoms with Gasteiger partial charge in [0, 0.05) is 0 Å². The van der Waals surface area contributed by atoms with E-state index in [2.05, 4.69) is 0 Å². The molecule has 17 heavy (non-hydrogen) atoms. The molecule has 0 fully saturated rings. The lowest BCUT2D eigenvalue weighted by atomic mass is 11.4. The van der Waals surface area contributed by atoms with Crippen LogP contribution in [0.3, 0.4) is 0 Å². The quantitative estimate of drug-likeness (QED) is 0.362. The van der Waals surface area contributed by atoms with E-state index in [0.717, 1.165) is 0 Å². The maximum Gasteiger partial charge on any atom is 0.410 e. The normalized spacial score (nSPS) is 13.8. The highest BCUT2D eigenvalue weighted by atomic mass is 31.2. The Hall–Kier alpha value is -0.103. The Morgan fingerprint density at radius 2 is 0.706 bits per heavy atom. The van der Waals surface area contributed by atoms with Gasteiger partial charge in [0.05, 0.1) is 0 Å². The van der Waals surface area contributed by atoms with Gasteiger partial charge in [-0.05, 0) is 0 Å². The van der Waals surface area contributed by atoms with Crippen LogP contribution in [0.2, 0.25) is 0 Å². The van der Waals surface area contributed by atoms with Crippen molar-refractivity contribution < 1.29 is 54.2 Å². The van der Waals surface area contributed by atoms with E-state index < -0.39 is 34.8 Å². The Morgan fingerprint density at radius 1 is 0.588 bits per heavy atom. The first-order chi connectivity index (χ1) is 7.10. The minimum Gasteiger partial charge on any atom is -0.328 e. The van der Waals surface area contributed by atoms with Gasteiger partial charge >= 0.3 is 34.8 Å². The molecule has 0 rings (SSSR count). The fourth-order valence-electron chi connectivity index (χ4n) is 0.557. The van der Waals surface area contributed by atoms with Crippen molar-refractivity contribution in [3.63, 3.8) is 0 Å². The van der Waals surface area contributed by atoms with Crippen molar-refractivity contribution in [2.75, 3.05) is 0 Å². The minimum absolute atomic E-state index is 2.62. The van der Waals surface area contributed by atoms with Crippen LogP contribution in [-0.2, 0) is 0 Å². The molecule has 0 heterocycles. The van der Waals surface area contributed by atoms with E-state index >= 15 is 0 Å². The summed E-state index contributed by atoms with van der Waals surface area (Å²) in [5, 5.41) is 0. The van der Waals surface area contributed by atoms with Crippen LogP contribution < -0.4 is 0 Å². The van der Waals surface area contributed by atoms with Crippen LogP contribution in [0, 0.1) is 0 Å². The van der Waals surface area contributed by atoms with Crippen molar-refractivity contribution in [1.82, 2.24) is 0 Å². The van der Waals surface area contributed by atoms with Gasteiger partial charge < -0.3 is 14.7 Å². The highest BCUT2D eigenvalue weighted by molar-refractivity contribution is 7.38. The molecule has 0 radical (unpaired) electrons. The number of halogens is 9. The van der Waals surface area contributed by atoms with E-state index in [9.17, 15) is 39.5 Å². The van der Waals surface area contributed by atoms with Crippen molar-refractivity contribution in [3.8, 4) is 0 Å². The SMILES string of the molecule is FC(F)(F)[SiH](C(F)(F)F)C(F)(F)F.OP(O)O. The van der Waals surface area contributed by atoms with E-state index in [1.807, 2.05) is 0 Å². The second-order valence-corrected chi connectivity index (χ2v) is 5.69. The van der Waals surface area contributed by atoms with Gasteiger partial charge in [0.25, 0.3) is 0 Å². The average molecular weight is 318 g/mol. The topological polar surface area (TPSA) is 60.7 Å². The lowest BCUT2D eigenvalue weighted by molar-refractivity contribution is -0.151. The third kappa shape index (κ3) is 9.58. The lowest BCUT2D eigenvalue weighted by Crippen LogP contribution is -2.57. The molecular formula is C3H4F9O3PSi. The maximum atomic E-state index is 11.3. The van der Waals surface area contributed by atoms with Crippen molar-refractivity contribution in [3.05, 3.63) is 0 Å². The van der Waals surface area contributed by atoms with E-state index in [1.54, 1.807) is 0 Å². The Bertz CT molecular complexity index is 185. The van der Waals surface area contributed by atoms with Crippen LogP contribution in [0.1, 0.15) is 0 Å². The standard InChI is InChI=1S/C3HF9Si.H3O3P/c4-1(5,6)13(2(7,8)9)3(10,11)12;1-4(2)3/h13H;1-3H. The Morgan fingerprint density at radius 3 is 0.706 bits per heavy atom. The summed E-state index contributed by atoms with van der Waals surface area (Å²) in [5.74, 6) is -18.7. The van der Waals surface area contributed by atoms with E-state index in [4.69, 9.17) is 14.7 Å². The zero-order chi connectivity index (χ0) is 14.7. The molecule has 0 aliphatic rings. The van der Waals surface area contributed by atoms with Crippen LogP contribution in [0.25, 0.3) is 0 Å². The molecule has 0 aliphatic carbocycles. The average Bonchev–Trinajstić information content (AvgIpc) is 1.69. The molecule has 106 valence electrons. The summed E-state index contributed by atoms with van der Waals surface area (Å²) < 4.78 is 102. The molecule has 0 aromatic heterocycles. The Labute approximate surface area is 90.1 Å². The first-order valence-electron chi connectivity index (χ1n) is 3.17. The number of hydrogen-bond donors (Lipinski definition) is 3. The van der Waals surface area contributed by atoms with Gasteiger partial charge in [0.1, 0.15) is 0 Å². The summed E-state index contributed by atoms with van der Waals surface area (Å²) in [6.07, 6.45) is 0. The first kappa shape index (κ1) is 19.2. The highest BCUT2D eigenvalue weighted by Gasteiger charge is 2.72. The summed E-state index contributed by atoms with van der Waals surface area (Å²) in [6, 6.07) is 0. The molecule has 0 aromatic rings. The minimum atomic E-state index is -6.80. The van der Waals surface area contributed by atoms with Crippen LogP contribution in [0.15, 0.2) is 0 Å². The summed E-state index contributed by atoms with van der Waals surface area (Å²) in [7, 11) is -9.42. The molecule has 3 N–H and O–H groups in total. The van der Waals surface area contributed by atoms with Crippen molar-refractivity contribution in [2.45, 2.75) is 17.4 Å². The molecule has 14 heteroatoms. The summed E-state index contributed by atoms with van der Waals surface area (Å²) >= 11 is 0. The predicted octanol–water partition coefficient (Wildman–Crippen LogP) is 1.71. The third-order valence-corrected chi connectivity index (χ3v) is 2.95.